The van der Waals surface area contributed by atoms with E-state index < -0.39 is 0 Å². The molecule has 0 N–H and O–H groups in total. The van der Waals surface area contributed by atoms with E-state index in [-0.39, 0.29) is 0 Å². The third-order valence-electron chi connectivity index (χ3n) is 1.03. The third kappa shape index (κ3) is 3.93. The average Bonchev–Trinajstić information content (AvgIpc) is 1.68. The van der Waals surface area contributed by atoms with Crippen molar-refractivity contribution in [3.63, 3.8) is 0 Å². The molecule has 0 bridgehead atoms. The topological polar surface area (TPSA) is 9.23 Å². The summed E-state index contributed by atoms with van der Waals surface area (Å²) >= 11 is 0. The first-order chi connectivity index (χ1) is 3.31. The molecule has 1 unspecified atom stereocenters. The minimum absolute atomic E-state index is 0.449. The van der Waals surface area contributed by atoms with Crippen LogP contribution in [-0.2, 0) is 4.74 Å². The summed E-state index contributed by atoms with van der Waals surface area (Å²) in [6.07, 6.45) is 1.57. The van der Waals surface area contributed by atoms with Crippen LogP contribution in [0.15, 0.2) is 0 Å². The molecule has 0 spiro atoms. The Balaban J connectivity index is 2.83. The van der Waals surface area contributed by atoms with Crippen LogP contribution in [-0.4, -0.2) is 28.3 Å². The van der Waals surface area contributed by atoms with Crippen LogP contribution in [0.25, 0.3) is 0 Å². The Morgan fingerprint density at radius 1 is 1.57 bits per heavy atom. The molecule has 3 heteroatoms. The van der Waals surface area contributed by atoms with Gasteiger partial charge in [0.2, 0.25) is 0 Å². The Labute approximate surface area is 47.3 Å². The van der Waals surface area contributed by atoms with Gasteiger partial charge in [0.1, 0.15) is 15.7 Å². The highest BCUT2D eigenvalue weighted by Gasteiger charge is 1.91. The quantitative estimate of drug-likeness (QED) is 0.412. The fourth-order valence-corrected chi connectivity index (χ4v) is 0.402. The SMILES string of the molecule is BCOC(C)CB. The zero-order valence-electron chi connectivity index (χ0n) is 5.40. The average molecular weight is 97.8 g/mol. The highest BCUT2D eigenvalue weighted by atomic mass is 16.5. The van der Waals surface area contributed by atoms with Gasteiger partial charge in [0.25, 0.3) is 0 Å². The molecule has 0 rings (SSSR count). The van der Waals surface area contributed by atoms with E-state index in [0.29, 0.717) is 6.10 Å². The second-order valence-corrected chi connectivity index (χ2v) is 1.67. The first-order valence-corrected chi connectivity index (χ1v) is 2.92. The molecule has 0 saturated carbocycles. The van der Waals surface area contributed by atoms with Crippen molar-refractivity contribution in [2.45, 2.75) is 19.3 Å². The van der Waals surface area contributed by atoms with Crippen molar-refractivity contribution in [3.05, 3.63) is 0 Å². The second kappa shape index (κ2) is 4.25. The van der Waals surface area contributed by atoms with Gasteiger partial charge in [-0.25, -0.2) is 0 Å². The van der Waals surface area contributed by atoms with E-state index in [1.165, 1.54) is 0 Å². The van der Waals surface area contributed by atoms with Crippen LogP contribution in [0, 0.1) is 0 Å². The van der Waals surface area contributed by atoms with E-state index in [0.717, 1.165) is 12.8 Å². The van der Waals surface area contributed by atoms with E-state index in [4.69, 9.17) is 4.74 Å². The first kappa shape index (κ1) is 7.09. The van der Waals surface area contributed by atoms with Crippen molar-refractivity contribution in [1.29, 1.82) is 0 Å². The third-order valence-corrected chi connectivity index (χ3v) is 1.03. The van der Waals surface area contributed by atoms with E-state index in [1.807, 2.05) is 7.85 Å². The number of hydrogen-bond donors (Lipinski definition) is 0. The van der Waals surface area contributed by atoms with Crippen LogP contribution >= 0.6 is 0 Å². The minimum Gasteiger partial charge on any atom is -0.388 e. The Bertz CT molecular complexity index is 40.7. The van der Waals surface area contributed by atoms with Gasteiger partial charge in [0.15, 0.2) is 0 Å². The normalized spacial score (nSPS) is 13.9. The lowest BCUT2D eigenvalue weighted by molar-refractivity contribution is 0.117. The first-order valence-electron chi connectivity index (χ1n) is 2.92. The van der Waals surface area contributed by atoms with Gasteiger partial charge in [0.05, 0.1) is 0 Å². The van der Waals surface area contributed by atoms with Gasteiger partial charge in [-0.15, -0.1) is 0 Å². The lowest BCUT2D eigenvalue weighted by Crippen LogP contribution is -2.07. The Kier molecular flexibility index (Phi) is 4.31. The number of rotatable bonds is 3. The van der Waals surface area contributed by atoms with Crippen LogP contribution in [0.4, 0.5) is 0 Å². The Hall–Kier alpha value is 0.0899. The van der Waals surface area contributed by atoms with E-state index in [2.05, 4.69) is 14.8 Å². The summed E-state index contributed by atoms with van der Waals surface area (Å²) in [4.78, 5) is 0. The van der Waals surface area contributed by atoms with Gasteiger partial charge < -0.3 is 4.74 Å². The van der Waals surface area contributed by atoms with Crippen molar-refractivity contribution in [3.8, 4) is 0 Å². The summed E-state index contributed by atoms with van der Waals surface area (Å²) in [6, 6.07) is 0. The molecular weight excluding hydrogens is 85.7 g/mol. The molecule has 40 valence electrons. The lowest BCUT2D eigenvalue weighted by atomic mass is 10.0. The molecular formula is C4H12B2O. The highest BCUT2D eigenvalue weighted by Crippen LogP contribution is 1.90. The van der Waals surface area contributed by atoms with E-state index >= 15 is 0 Å². The fourth-order valence-electron chi connectivity index (χ4n) is 0.402. The highest BCUT2D eigenvalue weighted by molar-refractivity contribution is 6.09. The molecule has 0 aromatic carbocycles. The molecule has 0 saturated heterocycles. The summed E-state index contributed by atoms with van der Waals surface area (Å²) in [6.45, 7) is 2.93. The molecule has 0 amide bonds. The molecule has 0 fully saturated rings. The molecule has 0 aliphatic heterocycles. The molecule has 1 nitrogen and oxygen atoms in total. The minimum atomic E-state index is 0.449. The maximum atomic E-state index is 5.19. The van der Waals surface area contributed by atoms with Crippen LogP contribution in [0.1, 0.15) is 6.92 Å². The maximum absolute atomic E-state index is 5.19. The zero-order chi connectivity index (χ0) is 5.70. The standard InChI is InChI=1S/C4H12B2O/c1-4(2-5)7-3-6/h4H,2-3,5-6H2,1H3. The maximum Gasteiger partial charge on any atom is 0.135 e. The zero-order valence-corrected chi connectivity index (χ0v) is 5.40. The fraction of sp³-hybridized carbons (Fsp3) is 1.00. The van der Waals surface area contributed by atoms with E-state index in [9.17, 15) is 0 Å². The van der Waals surface area contributed by atoms with Crippen LogP contribution < -0.4 is 0 Å². The monoisotopic (exact) mass is 98.1 g/mol. The molecule has 0 aliphatic rings. The summed E-state index contributed by atoms with van der Waals surface area (Å²) < 4.78 is 5.19. The predicted molar refractivity (Wildman–Crippen MR) is 37.3 cm³/mol. The molecule has 0 heterocycles. The van der Waals surface area contributed by atoms with Crippen molar-refractivity contribution in [2.24, 2.45) is 0 Å². The van der Waals surface area contributed by atoms with Gasteiger partial charge in [-0.05, 0) is 6.92 Å². The molecule has 0 aromatic rings. The number of hydrogen-bond acceptors (Lipinski definition) is 1. The Morgan fingerprint density at radius 2 is 2.14 bits per heavy atom. The van der Waals surface area contributed by atoms with Crippen LogP contribution in [0.3, 0.4) is 0 Å². The number of ether oxygens (including phenoxy) is 1. The summed E-state index contributed by atoms with van der Waals surface area (Å²) in [5.41, 5.74) is 0. The lowest BCUT2D eigenvalue weighted by Gasteiger charge is -2.05. The predicted octanol–water partition coefficient (Wildman–Crippen LogP) is -0.967. The van der Waals surface area contributed by atoms with Crippen LogP contribution in [0.5, 0.6) is 0 Å². The molecule has 7 heavy (non-hydrogen) atoms. The largest absolute Gasteiger partial charge is 0.388 e. The van der Waals surface area contributed by atoms with Gasteiger partial charge in [-0.1, -0.05) is 6.32 Å². The Morgan fingerprint density at radius 3 is 2.29 bits per heavy atom. The second-order valence-electron chi connectivity index (χ2n) is 1.67. The molecule has 0 aromatic heterocycles. The molecule has 0 radical (unpaired) electrons. The van der Waals surface area contributed by atoms with Crippen molar-refractivity contribution < 1.29 is 4.74 Å². The van der Waals surface area contributed by atoms with Crippen molar-refractivity contribution in [1.82, 2.24) is 0 Å². The summed E-state index contributed by atoms with van der Waals surface area (Å²) in [7, 11) is 4.15. The van der Waals surface area contributed by atoms with Gasteiger partial charge in [-0.2, -0.15) is 0 Å². The summed E-state index contributed by atoms with van der Waals surface area (Å²) in [5, 5.41) is 0. The van der Waals surface area contributed by atoms with Crippen LogP contribution in [0.2, 0.25) is 6.32 Å². The molecule has 1 atom stereocenters. The summed E-state index contributed by atoms with van der Waals surface area (Å²) in [5.74, 6) is 0. The smallest absolute Gasteiger partial charge is 0.135 e. The molecule has 0 aliphatic carbocycles. The van der Waals surface area contributed by atoms with Gasteiger partial charge >= 0.3 is 0 Å². The van der Waals surface area contributed by atoms with Crippen molar-refractivity contribution >= 4 is 15.7 Å². The van der Waals surface area contributed by atoms with E-state index in [1.54, 1.807) is 0 Å². The van der Waals surface area contributed by atoms with Crippen molar-refractivity contribution in [2.75, 3.05) is 6.51 Å². The van der Waals surface area contributed by atoms with Gasteiger partial charge in [0, 0.05) is 12.6 Å². The van der Waals surface area contributed by atoms with Gasteiger partial charge in [-0.3, -0.25) is 0 Å².